The summed E-state index contributed by atoms with van der Waals surface area (Å²) in [7, 11) is 0. The van der Waals surface area contributed by atoms with Crippen LogP contribution in [0.25, 0.3) is 10.7 Å². The minimum absolute atomic E-state index is 0.362. The lowest BCUT2D eigenvalue weighted by Gasteiger charge is -2.14. The number of hydrogen-bond acceptors (Lipinski definition) is 4. The van der Waals surface area contributed by atoms with Gasteiger partial charge in [-0.2, -0.15) is 0 Å². The Balaban J connectivity index is 2.49. The lowest BCUT2D eigenvalue weighted by atomic mass is 10.1. The fraction of sp³-hybridized carbons (Fsp3) is 0.429. The van der Waals surface area contributed by atoms with E-state index < -0.39 is 0 Å². The van der Waals surface area contributed by atoms with E-state index in [1.165, 1.54) is 11.3 Å². The van der Waals surface area contributed by atoms with Crippen LogP contribution in [0.5, 0.6) is 0 Å². The van der Waals surface area contributed by atoms with Crippen molar-refractivity contribution in [1.29, 1.82) is 0 Å². The van der Waals surface area contributed by atoms with Gasteiger partial charge in [0.2, 0.25) is 0 Å². The molecule has 0 saturated heterocycles. The molecule has 0 radical (unpaired) electrons. The topological polar surface area (TPSA) is 37.8 Å². The third-order valence-electron chi connectivity index (χ3n) is 2.76. The Bertz CT molecular complexity index is 598. The van der Waals surface area contributed by atoms with Gasteiger partial charge in [-0.1, -0.05) is 32.4 Å². The molecule has 0 aliphatic rings. The Morgan fingerprint density at radius 2 is 2.10 bits per heavy atom. The summed E-state index contributed by atoms with van der Waals surface area (Å²) in [6.07, 6.45) is 1.07. The van der Waals surface area contributed by atoms with Crippen LogP contribution in [0.3, 0.4) is 0 Å². The first-order chi connectivity index (χ1) is 9.52. The standard InChI is InChI=1S/C14H17ClIN3S/c1-4-7-17-14-11(16)12(8(2)3)18-13(19-14)9-5-6-10(15)20-9/h5-6,8H,4,7H2,1-3H3,(H,17,18,19). The monoisotopic (exact) mass is 421 g/mol. The second-order valence-electron chi connectivity index (χ2n) is 4.78. The number of hydrogen-bond donors (Lipinski definition) is 1. The highest BCUT2D eigenvalue weighted by Gasteiger charge is 2.16. The molecule has 0 atom stereocenters. The summed E-state index contributed by atoms with van der Waals surface area (Å²) in [4.78, 5) is 10.4. The van der Waals surface area contributed by atoms with Crippen LogP contribution in [0.15, 0.2) is 12.1 Å². The SMILES string of the molecule is CCCNc1nc(-c2ccc(Cl)s2)nc(C(C)C)c1I. The van der Waals surface area contributed by atoms with Gasteiger partial charge < -0.3 is 5.32 Å². The molecule has 2 heterocycles. The van der Waals surface area contributed by atoms with Gasteiger partial charge in [-0.05, 0) is 47.1 Å². The van der Waals surface area contributed by atoms with Gasteiger partial charge in [-0.15, -0.1) is 11.3 Å². The number of rotatable bonds is 5. The van der Waals surface area contributed by atoms with Crippen LogP contribution in [0.4, 0.5) is 5.82 Å². The van der Waals surface area contributed by atoms with Crippen molar-refractivity contribution in [1.82, 2.24) is 9.97 Å². The smallest absolute Gasteiger partial charge is 0.171 e. The van der Waals surface area contributed by atoms with E-state index in [-0.39, 0.29) is 0 Å². The van der Waals surface area contributed by atoms with Gasteiger partial charge in [0.15, 0.2) is 5.82 Å². The van der Waals surface area contributed by atoms with E-state index in [9.17, 15) is 0 Å². The van der Waals surface area contributed by atoms with Crippen LogP contribution in [-0.2, 0) is 0 Å². The molecule has 0 aromatic carbocycles. The molecule has 6 heteroatoms. The highest BCUT2D eigenvalue weighted by Crippen LogP contribution is 2.32. The van der Waals surface area contributed by atoms with E-state index in [4.69, 9.17) is 16.6 Å². The van der Waals surface area contributed by atoms with Gasteiger partial charge in [-0.25, -0.2) is 9.97 Å². The zero-order valence-corrected chi connectivity index (χ0v) is 15.4. The largest absolute Gasteiger partial charge is 0.369 e. The third kappa shape index (κ3) is 3.62. The average Bonchev–Trinajstić information content (AvgIpc) is 2.84. The maximum atomic E-state index is 6.01. The van der Waals surface area contributed by atoms with Gasteiger partial charge in [0.25, 0.3) is 0 Å². The van der Waals surface area contributed by atoms with E-state index in [1.54, 1.807) is 0 Å². The summed E-state index contributed by atoms with van der Waals surface area (Å²) in [5.74, 6) is 2.04. The van der Waals surface area contributed by atoms with E-state index in [0.717, 1.165) is 43.1 Å². The van der Waals surface area contributed by atoms with Crippen molar-refractivity contribution in [2.45, 2.75) is 33.1 Å². The summed E-state index contributed by atoms with van der Waals surface area (Å²) in [5, 5.41) is 3.39. The quantitative estimate of drug-likeness (QED) is 0.656. The Hall–Kier alpha value is -0.400. The summed E-state index contributed by atoms with van der Waals surface area (Å²) >= 11 is 9.85. The number of aromatic nitrogens is 2. The third-order valence-corrected chi connectivity index (χ3v) is 5.05. The van der Waals surface area contributed by atoms with E-state index in [1.807, 2.05) is 12.1 Å². The molecule has 0 spiro atoms. The van der Waals surface area contributed by atoms with Crippen LogP contribution >= 0.6 is 45.5 Å². The Labute approximate surface area is 142 Å². The molecule has 0 saturated carbocycles. The molecule has 0 aliphatic carbocycles. The molecule has 0 unspecified atom stereocenters. The van der Waals surface area contributed by atoms with E-state index in [0.29, 0.717) is 5.92 Å². The predicted molar refractivity (Wildman–Crippen MR) is 95.9 cm³/mol. The molecular weight excluding hydrogens is 405 g/mol. The zero-order valence-electron chi connectivity index (χ0n) is 11.7. The summed E-state index contributed by atoms with van der Waals surface area (Å²) in [6, 6.07) is 3.86. The maximum absolute atomic E-state index is 6.01. The highest BCUT2D eigenvalue weighted by molar-refractivity contribution is 14.1. The summed E-state index contributed by atoms with van der Waals surface area (Å²) < 4.78 is 1.87. The van der Waals surface area contributed by atoms with Gasteiger partial charge >= 0.3 is 0 Å². The molecule has 2 rings (SSSR count). The maximum Gasteiger partial charge on any atom is 0.171 e. The van der Waals surface area contributed by atoms with Crippen molar-refractivity contribution in [3.8, 4) is 10.7 Å². The molecule has 20 heavy (non-hydrogen) atoms. The first-order valence-electron chi connectivity index (χ1n) is 6.60. The molecular formula is C14H17ClIN3S. The highest BCUT2D eigenvalue weighted by atomic mass is 127. The van der Waals surface area contributed by atoms with Crippen LogP contribution < -0.4 is 5.32 Å². The lowest BCUT2D eigenvalue weighted by Crippen LogP contribution is -2.09. The minimum atomic E-state index is 0.362. The van der Waals surface area contributed by atoms with Crippen LogP contribution in [0.1, 0.15) is 38.8 Å². The van der Waals surface area contributed by atoms with Gasteiger partial charge in [0, 0.05) is 6.54 Å². The predicted octanol–water partition coefficient (Wildman–Crippen LogP) is 5.41. The molecule has 1 N–H and O–H groups in total. The van der Waals surface area contributed by atoms with E-state index >= 15 is 0 Å². The lowest BCUT2D eigenvalue weighted by molar-refractivity contribution is 0.808. The van der Waals surface area contributed by atoms with Crippen molar-refractivity contribution in [2.24, 2.45) is 0 Å². The average molecular weight is 422 g/mol. The molecule has 3 nitrogen and oxygen atoms in total. The fourth-order valence-corrected chi connectivity index (χ4v) is 3.78. The van der Waals surface area contributed by atoms with E-state index in [2.05, 4.69) is 53.7 Å². The van der Waals surface area contributed by atoms with Crippen molar-refractivity contribution in [2.75, 3.05) is 11.9 Å². The zero-order chi connectivity index (χ0) is 14.7. The first kappa shape index (κ1) is 16.0. The van der Waals surface area contributed by atoms with Crippen LogP contribution in [0.2, 0.25) is 4.34 Å². The number of halogens is 2. The second kappa shape index (κ2) is 7.04. The Kier molecular flexibility index (Phi) is 5.63. The number of nitrogens with one attached hydrogen (secondary N) is 1. The van der Waals surface area contributed by atoms with Crippen LogP contribution in [-0.4, -0.2) is 16.5 Å². The van der Waals surface area contributed by atoms with Crippen molar-refractivity contribution in [3.05, 3.63) is 25.7 Å². The molecule has 2 aromatic heterocycles. The molecule has 0 amide bonds. The molecule has 0 fully saturated rings. The molecule has 108 valence electrons. The first-order valence-corrected chi connectivity index (χ1v) is 8.87. The van der Waals surface area contributed by atoms with Crippen molar-refractivity contribution >= 4 is 51.3 Å². The van der Waals surface area contributed by atoms with Crippen LogP contribution in [0, 0.1) is 3.57 Å². The Morgan fingerprint density at radius 1 is 1.35 bits per heavy atom. The Morgan fingerprint density at radius 3 is 2.65 bits per heavy atom. The molecule has 0 bridgehead atoms. The second-order valence-corrected chi connectivity index (χ2v) is 7.57. The minimum Gasteiger partial charge on any atom is -0.369 e. The number of nitrogens with zero attached hydrogens (tertiary/aromatic N) is 2. The summed E-state index contributed by atoms with van der Waals surface area (Å²) in [5.41, 5.74) is 1.08. The van der Waals surface area contributed by atoms with Crippen molar-refractivity contribution < 1.29 is 0 Å². The number of thiophene rings is 1. The van der Waals surface area contributed by atoms with Gasteiger partial charge in [0.05, 0.1) is 18.5 Å². The number of anilines is 1. The van der Waals surface area contributed by atoms with Gasteiger partial charge in [0.1, 0.15) is 5.82 Å². The molecule has 0 aliphatic heterocycles. The summed E-state index contributed by atoms with van der Waals surface area (Å²) in [6.45, 7) is 7.36. The van der Waals surface area contributed by atoms with Gasteiger partial charge in [-0.3, -0.25) is 0 Å². The van der Waals surface area contributed by atoms with Crippen molar-refractivity contribution in [3.63, 3.8) is 0 Å². The normalized spacial score (nSPS) is 11.1. The molecule has 2 aromatic rings. The fourth-order valence-electron chi connectivity index (χ4n) is 1.75.